The molecule has 0 aromatic rings. The van der Waals surface area contributed by atoms with Gasteiger partial charge in [-0.1, -0.05) is 6.92 Å². The van der Waals surface area contributed by atoms with Gasteiger partial charge in [0.15, 0.2) is 0 Å². The van der Waals surface area contributed by atoms with Crippen LogP contribution in [0.4, 0.5) is 4.79 Å². The summed E-state index contributed by atoms with van der Waals surface area (Å²) in [5, 5.41) is 9.44. The van der Waals surface area contributed by atoms with Crippen LogP contribution in [0.25, 0.3) is 0 Å². The molecule has 1 heterocycles. The minimum absolute atomic E-state index is 0.0361. The van der Waals surface area contributed by atoms with E-state index in [4.69, 9.17) is 4.74 Å². The van der Waals surface area contributed by atoms with E-state index < -0.39 is 5.60 Å². The third-order valence-corrected chi connectivity index (χ3v) is 3.93. The lowest BCUT2D eigenvalue weighted by atomic mass is 9.94. The molecule has 1 amide bonds. The Labute approximate surface area is 103 Å². The van der Waals surface area contributed by atoms with Gasteiger partial charge in [0.25, 0.3) is 0 Å². The Balaban J connectivity index is 2.11. The average Bonchev–Trinajstić information content (AvgIpc) is 2.69. The van der Waals surface area contributed by atoms with Crippen LogP contribution < -0.4 is 0 Å². The second-order valence-corrected chi connectivity index (χ2v) is 6.41. The molecule has 0 aromatic heterocycles. The first kappa shape index (κ1) is 12.7. The average molecular weight is 241 g/mol. The highest BCUT2D eigenvalue weighted by Crippen LogP contribution is 2.46. The number of carbonyl (C=O) groups excluding carboxylic acids is 1. The molecule has 1 N–H and O–H groups in total. The van der Waals surface area contributed by atoms with Crippen molar-refractivity contribution >= 4 is 6.09 Å². The first-order chi connectivity index (χ1) is 7.83. The summed E-state index contributed by atoms with van der Waals surface area (Å²) in [7, 11) is 0. The fraction of sp³-hybridized carbons (Fsp3) is 0.923. The van der Waals surface area contributed by atoms with Crippen molar-refractivity contribution in [2.24, 2.45) is 11.8 Å². The fourth-order valence-corrected chi connectivity index (χ4v) is 3.27. The summed E-state index contributed by atoms with van der Waals surface area (Å²) in [6.07, 6.45) is 1.87. The van der Waals surface area contributed by atoms with Crippen LogP contribution in [-0.2, 0) is 4.74 Å². The van der Waals surface area contributed by atoms with E-state index in [0.717, 1.165) is 12.8 Å². The van der Waals surface area contributed by atoms with Crippen LogP contribution in [0.15, 0.2) is 0 Å². The molecule has 2 rings (SSSR count). The number of hydrogen-bond donors (Lipinski definition) is 1. The minimum atomic E-state index is -0.470. The lowest BCUT2D eigenvalue weighted by Gasteiger charge is -2.38. The molecule has 98 valence electrons. The quantitative estimate of drug-likeness (QED) is 0.764. The number of rotatable bonds is 1. The number of piperidine rings is 1. The fourth-order valence-electron chi connectivity index (χ4n) is 3.27. The number of fused-ring (bicyclic) bond motifs is 2. The predicted molar refractivity (Wildman–Crippen MR) is 64.6 cm³/mol. The molecule has 4 atom stereocenters. The van der Waals surface area contributed by atoms with Crippen LogP contribution in [0.5, 0.6) is 0 Å². The van der Waals surface area contributed by atoms with Crippen LogP contribution in [0.3, 0.4) is 0 Å². The summed E-state index contributed by atoms with van der Waals surface area (Å²) in [6, 6.07) is 0.220. The van der Waals surface area contributed by atoms with E-state index in [9.17, 15) is 9.90 Å². The molecular weight excluding hydrogens is 218 g/mol. The molecule has 1 aliphatic carbocycles. The predicted octanol–water partition coefficient (Wildman–Crippen LogP) is 2.01. The Kier molecular flexibility index (Phi) is 3.10. The highest BCUT2D eigenvalue weighted by atomic mass is 16.6. The molecule has 0 aromatic carbocycles. The summed E-state index contributed by atoms with van der Waals surface area (Å²) in [6.45, 7) is 7.84. The Morgan fingerprint density at radius 3 is 2.59 bits per heavy atom. The number of amides is 1. The Morgan fingerprint density at radius 1 is 1.41 bits per heavy atom. The largest absolute Gasteiger partial charge is 0.444 e. The van der Waals surface area contributed by atoms with E-state index in [1.54, 1.807) is 4.90 Å². The van der Waals surface area contributed by atoms with Gasteiger partial charge in [0.1, 0.15) is 5.60 Å². The van der Waals surface area contributed by atoms with Crippen molar-refractivity contribution in [3.8, 4) is 0 Å². The lowest BCUT2D eigenvalue weighted by Crippen LogP contribution is -2.51. The van der Waals surface area contributed by atoms with Gasteiger partial charge in [0, 0.05) is 6.04 Å². The van der Waals surface area contributed by atoms with Crippen LogP contribution in [0.2, 0.25) is 0 Å². The number of ether oxygens (including phenoxy) is 1. The number of aliphatic hydroxyl groups is 1. The summed E-state index contributed by atoms with van der Waals surface area (Å²) in [5.41, 5.74) is -0.470. The number of likely N-dealkylation sites (tertiary alicyclic amines) is 1. The minimum Gasteiger partial charge on any atom is -0.444 e. The van der Waals surface area contributed by atoms with Crippen molar-refractivity contribution in [3.05, 3.63) is 0 Å². The number of carbonyl (C=O) groups is 1. The molecule has 2 bridgehead atoms. The highest BCUT2D eigenvalue weighted by molar-refractivity contribution is 5.70. The van der Waals surface area contributed by atoms with Gasteiger partial charge in [-0.05, 0) is 45.4 Å². The second kappa shape index (κ2) is 4.16. The number of nitrogens with zero attached hydrogens (tertiary/aromatic N) is 1. The summed E-state index contributed by atoms with van der Waals surface area (Å²) in [5.74, 6) is 0.975. The standard InChI is InChI=1S/C13H23NO3/c1-8-5-9-6-10(8)14(11(9)7-15)12(16)17-13(2,3)4/h8-11,15H,5-7H2,1-4H3/t8-,9?,10?,11+/m0/s1. The SMILES string of the molecule is C[C@H]1CC2CC1N(C(=O)OC(C)(C)C)[C@@H]2CO. The zero-order valence-corrected chi connectivity index (χ0v) is 11.1. The Morgan fingerprint density at radius 2 is 2.06 bits per heavy atom. The van der Waals surface area contributed by atoms with Crippen LogP contribution >= 0.6 is 0 Å². The van der Waals surface area contributed by atoms with E-state index in [1.807, 2.05) is 20.8 Å². The van der Waals surface area contributed by atoms with Crippen molar-refractivity contribution in [3.63, 3.8) is 0 Å². The van der Waals surface area contributed by atoms with Crippen LogP contribution in [-0.4, -0.2) is 40.4 Å². The molecule has 1 saturated carbocycles. The van der Waals surface area contributed by atoms with E-state index in [0.29, 0.717) is 11.8 Å². The maximum absolute atomic E-state index is 12.2. The lowest BCUT2D eigenvalue weighted by molar-refractivity contribution is -0.00780. The van der Waals surface area contributed by atoms with Crippen molar-refractivity contribution in [2.45, 2.75) is 58.2 Å². The monoisotopic (exact) mass is 241 g/mol. The normalized spacial score (nSPS) is 36.4. The van der Waals surface area contributed by atoms with Gasteiger partial charge in [-0.15, -0.1) is 0 Å². The molecular formula is C13H23NO3. The molecule has 0 radical (unpaired) electrons. The highest BCUT2D eigenvalue weighted by Gasteiger charge is 2.52. The smallest absolute Gasteiger partial charge is 0.410 e. The first-order valence-corrected chi connectivity index (χ1v) is 6.45. The molecule has 4 heteroatoms. The Bertz CT molecular complexity index is 308. The van der Waals surface area contributed by atoms with Gasteiger partial charge >= 0.3 is 6.09 Å². The van der Waals surface area contributed by atoms with E-state index >= 15 is 0 Å². The first-order valence-electron chi connectivity index (χ1n) is 6.45. The molecule has 2 aliphatic rings. The van der Waals surface area contributed by atoms with Crippen LogP contribution in [0, 0.1) is 11.8 Å². The molecule has 2 unspecified atom stereocenters. The topological polar surface area (TPSA) is 49.8 Å². The van der Waals surface area contributed by atoms with E-state index in [1.165, 1.54) is 0 Å². The summed E-state index contributed by atoms with van der Waals surface area (Å²) >= 11 is 0. The second-order valence-electron chi connectivity index (χ2n) is 6.41. The zero-order chi connectivity index (χ0) is 12.8. The molecule has 17 heavy (non-hydrogen) atoms. The summed E-state index contributed by atoms with van der Waals surface area (Å²) in [4.78, 5) is 13.9. The summed E-state index contributed by atoms with van der Waals surface area (Å²) < 4.78 is 5.43. The van der Waals surface area contributed by atoms with Gasteiger partial charge < -0.3 is 9.84 Å². The maximum atomic E-state index is 12.2. The number of hydrogen-bond acceptors (Lipinski definition) is 3. The van der Waals surface area contributed by atoms with Gasteiger partial charge in [-0.3, -0.25) is 4.90 Å². The van der Waals surface area contributed by atoms with Gasteiger partial charge in [-0.25, -0.2) is 4.79 Å². The molecule has 0 spiro atoms. The van der Waals surface area contributed by atoms with Crippen molar-refractivity contribution in [1.29, 1.82) is 0 Å². The molecule has 1 aliphatic heterocycles. The van der Waals surface area contributed by atoms with Gasteiger partial charge in [0.2, 0.25) is 0 Å². The maximum Gasteiger partial charge on any atom is 0.410 e. The number of aliphatic hydroxyl groups excluding tert-OH is 1. The third kappa shape index (κ3) is 2.28. The van der Waals surface area contributed by atoms with Gasteiger partial charge in [0.05, 0.1) is 12.6 Å². The van der Waals surface area contributed by atoms with Crippen molar-refractivity contribution in [1.82, 2.24) is 4.90 Å². The molecule has 1 saturated heterocycles. The van der Waals surface area contributed by atoms with Crippen LogP contribution in [0.1, 0.15) is 40.5 Å². The van der Waals surface area contributed by atoms with Crippen molar-refractivity contribution < 1.29 is 14.6 Å². The molecule has 4 nitrogen and oxygen atoms in total. The van der Waals surface area contributed by atoms with E-state index in [2.05, 4.69) is 6.92 Å². The zero-order valence-electron chi connectivity index (χ0n) is 11.1. The third-order valence-electron chi connectivity index (χ3n) is 3.93. The van der Waals surface area contributed by atoms with Gasteiger partial charge in [-0.2, -0.15) is 0 Å². The molecule has 2 fully saturated rings. The van der Waals surface area contributed by atoms with E-state index in [-0.39, 0.29) is 24.8 Å². The Hall–Kier alpha value is -0.770. The van der Waals surface area contributed by atoms with Crippen molar-refractivity contribution in [2.75, 3.05) is 6.61 Å².